The van der Waals surface area contributed by atoms with Crippen LogP contribution in [0.3, 0.4) is 0 Å². The Hall–Kier alpha value is -1.41. The minimum Gasteiger partial charge on any atom is -0.395 e. The Morgan fingerprint density at radius 2 is 2.05 bits per heavy atom. The minimum absolute atomic E-state index is 0.0636. The van der Waals surface area contributed by atoms with E-state index in [-0.39, 0.29) is 5.56 Å². The number of nitrogens with zero attached hydrogens (tertiary/aromatic N) is 1. The van der Waals surface area contributed by atoms with Gasteiger partial charge in [0.25, 0.3) is 0 Å². The molecule has 21 heavy (non-hydrogen) atoms. The summed E-state index contributed by atoms with van der Waals surface area (Å²) in [6, 6.07) is 4.00. The van der Waals surface area contributed by atoms with Gasteiger partial charge in [0.2, 0.25) is 5.91 Å². The molecular formula is C13H12BrF4NO2. The van der Waals surface area contributed by atoms with Gasteiger partial charge in [0.15, 0.2) is 0 Å². The lowest BCUT2D eigenvalue weighted by Gasteiger charge is -2.21. The van der Waals surface area contributed by atoms with E-state index in [1.165, 1.54) is 12.1 Å². The molecule has 0 saturated carbocycles. The van der Waals surface area contributed by atoms with Gasteiger partial charge in [-0.05, 0) is 24.3 Å². The molecule has 0 saturated heterocycles. The number of amides is 1. The molecule has 1 aromatic carbocycles. The molecule has 1 rings (SSSR count). The molecule has 0 aliphatic rings. The zero-order chi connectivity index (χ0) is 16.0. The van der Waals surface area contributed by atoms with Crippen LogP contribution < -0.4 is 0 Å². The first kappa shape index (κ1) is 17.6. The van der Waals surface area contributed by atoms with E-state index in [1.807, 2.05) is 0 Å². The average molecular weight is 370 g/mol. The summed E-state index contributed by atoms with van der Waals surface area (Å²) in [5.41, 5.74) is 0.0636. The van der Waals surface area contributed by atoms with Crippen LogP contribution in [0.15, 0.2) is 28.7 Å². The molecule has 116 valence electrons. The Labute approximate surface area is 127 Å². The quantitative estimate of drug-likeness (QED) is 0.640. The van der Waals surface area contributed by atoms with E-state index in [0.717, 1.165) is 18.2 Å². The maximum absolute atomic E-state index is 13.4. The standard InChI is InChI=1S/C13H12BrF4NO2/c14-10-2-3-11(15)9(7-10)1-4-12(21)19(5-6-20)8-13(16,17)18/h1-4,7,20H,5-6,8H2/b4-1+. The Balaban J connectivity index is 2.85. The van der Waals surface area contributed by atoms with E-state index >= 15 is 0 Å². The molecule has 0 atom stereocenters. The first-order valence-corrected chi connectivity index (χ1v) is 6.62. The summed E-state index contributed by atoms with van der Waals surface area (Å²) in [4.78, 5) is 12.1. The average Bonchev–Trinajstić information content (AvgIpc) is 2.37. The van der Waals surface area contributed by atoms with Crippen molar-refractivity contribution < 1.29 is 27.5 Å². The summed E-state index contributed by atoms with van der Waals surface area (Å²) in [6.45, 7) is -2.53. The van der Waals surface area contributed by atoms with Crippen molar-refractivity contribution in [2.45, 2.75) is 6.18 Å². The second kappa shape index (κ2) is 7.56. The van der Waals surface area contributed by atoms with Gasteiger partial charge in [-0.1, -0.05) is 15.9 Å². The maximum atomic E-state index is 13.4. The van der Waals surface area contributed by atoms with Crippen LogP contribution >= 0.6 is 15.9 Å². The maximum Gasteiger partial charge on any atom is 0.406 e. The van der Waals surface area contributed by atoms with Crippen LogP contribution in [0.2, 0.25) is 0 Å². The van der Waals surface area contributed by atoms with Gasteiger partial charge in [-0.3, -0.25) is 4.79 Å². The lowest BCUT2D eigenvalue weighted by molar-refractivity contribution is -0.158. The number of rotatable bonds is 5. The van der Waals surface area contributed by atoms with Crippen molar-refractivity contribution in [2.24, 2.45) is 0 Å². The highest BCUT2D eigenvalue weighted by atomic mass is 79.9. The van der Waals surface area contributed by atoms with Crippen molar-refractivity contribution in [1.29, 1.82) is 0 Å². The SMILES string of the molecule is O=C(/C=C/c1cc(Br)ccc1F)N(CCO)CC(F)(F)F. The number of carbonyl (C=O) groups is 1. The van der Waals surface area contributed by atoms with Gasteiger partial charge < -0.3 is 10.0 Å². The Morgan fingerprint density at radius 1 is 1.38 bits per heavy atom. The third-order valence-electron chi connectivity index (χ3n) is 2.42. The summed E-state index contributed by atoms with van der Waals surface area (Å²) in [5, 5.41) is 8.70. The van der Waals surface area contributed by atoms with Gasteiger partial charge >= 0.3 is 6.18 Å². The molecule has 0 bridgehead atoms. The molecule has 3 nitrogen and oxygen atoms in total. The summed E-state index contributed by atoms with van der Waals surface area (Å²) >= 11 is 3.12. The van der Waals surface area contributed by atoms with Gasteiger partial charge in [-0.25, -0.2) is 4.39 Å². The molecule has 1 amide bonds. The number of aliphatic hydroxyl groups excluding tert-OH is 1. The predicted molar refractivity (Wildman–Crippen MR) is 72.9 cm³/mol. The molecule has 0 aromatic heterocycles. The van der Waals surface area contributed by atoms with E-state index < -0.39 is 37.6 Å². The zero-order valence-corrected chi connectivity index (χ0v) is 12.3. The van der Waals surface area contributed by atoms with E-state index in [9.17, 15) is 22.4 Å². The topological polar surface area (TPSA) is 40.5 Å². The van der Waals surface area contributed by atoms with Gasteiger partial charge in [0.1, 0.15) is 12.4 Å². The molecule has 1 N–H and O–H groups in total. The number of benzene rings is 1. The normalized spacial score (nSPS) is 11.9. The summed E-state index contributed by atoms with van der Waals surface area (Å²) in [5.74, 6) is -1.56. The molecule has 0 unspecified atom stereocenters. The van der Waals surface area contributed by atoms with Crippen LogP contribution in [-0.4, -0.2) is 41.8 Å². The lowest BCUT2D eigenvalue weighted by Crippen LogP contribution is -2.39. The molecule has 8 heteroatoms. The zero-order valence-electron chi connectivity index (χ0n) is 10.7. The number of hydrogen-bond donors (Lipinski definition) is 1. The van der Waals surface area contributed by atoms with Crippen LogP contribution in [0.5, 0.6) is 0 Å². The van der Waals surface area contributed by atoms with E-state index in [4.69, 9.17) is 5.11 Å². The number of alkyl halides is 3. The molecule has 0 spiro atoms. The van der Waals surface area contributed by atoms with Crippen LogP contribution in [0, 0.1) is 5.82 Å². The number of carbonyl (C=O) groups excluding carboxylic acids is 1. The number of halogens is 5. The van der Waals surface area contributed by atoms with E-state index in [1.54, 1.807) is 0 Å². The molecule has 1 aromatic rings. The first-order chi connectivity index (χ1) is 9.73. The molecule has 0 heterocycles. The number of aliphatic hydroxyl groups is 1. The number of hydrogen-bond acceptors (Lipinski definition) is 2. The monoisotopic (exact) mass is 369 g/mol. The Kier molecular flexibility index (Phi) is 6.35. The van der Waals surface area contributed by atoms with Crippen molar-refractivity contribution in [3.63, 3.8) is 0 Å². The summed E-state index contributed by atoms with van der Waals surface area (Å²) in [7, 11) is 0. The highest BCUT2D eigenvalue weighted by Crippen LogP contribution is 2.18. The van der Waals surface area contributed by atoms with Gasteiger partial charge in [-0.2, -0.15) is 13.2 Å². The minimum atomic E-state index is -4.57. The van der Waals surface area contributed by atoms with E-state index in [2.05, 4.69) is 15.9 Å². The van der Waals surface area contributed by atoms with Crippen molar-refractivity contribution in [2.75, 3.05) is 19.7 Å². The van der Waals surface area contributed by atoms with Crippen LogP contribution in [0.1, 0.15) is 5.56 Å². The fourth-order valence-corrected chi connectivity index (χ4v) is 1.89. The molecular weight excluding hydrogens is 358 g/mol. The second-order valence-electron chi connectivity index (χ2n) is 4.10. The largest absolute Gasteiger partial charge is 0.406 e. The molecule has 0 fully saturated rings. The second-order valence-corrected chi connectivity index (χ2v) is 5.01. The predicted octanol–water partition coefficient (Wildman–Crippen LogP) is 2.98. The molecule has 0 aliphatic carbocycles. The smallest absolute Gasteiger partial charge is 0.395 e. The fourth-order valence-electron chi connectivity index (χ4n) is 1.51. The molecule has 0 aliphatic heterocycles. The summed E-state index contributed by atoms with van der Waals surface area (Å²) in [6.07, 6.45) is -2.64. The lowest BCUT2D eigenvalue weighted by atomic mass is 10.2. The highest BCUT2D eigenvalue weighted by Gasteiger charge is 2.32. The highest BCUT2D eigenvalue weighted by molar-refractivity contribution is 9.10. The third-order valence-corrected chi connectivity index (χ3v) is 2.91. The van der Waals surface area contributed by atoms with Gasteiger partial charge in [-0.15, -0.1) is 0 Å². The van der Waals surface area contributed by atoms with E-state index in [0.29, 0.717) is 9.37 Å². The Bertz CT molecular complexity index is 531. The fraction of sp³-hybridized carbons (Fsp3) is 0.308. The van der Waals surface area contributed by atoms with Crippen LogP contribution in [0.25, 0.3) is 6.08 Å². The van der Waals surface area contributed by atoms with Gasteiger partial charge in [0.05, 0.1) is 6.61 Å². The van der Waals surface area contributed by atoms with Crippen LogP contribution in [-0.2, 0) is 4.79 Å². The first-order valence-electron chi connectivity index (χ1n) is 5.82. The third kappa shape index (κ3) is 6.26. The van der Waals surface area contributed by atoms with Gasteiger partial charge in [0, 0.05) is 22.7 Å². The van der Waals surface area contributed by atoms with Crippen molar-refractivity contribution in [1.82, 2.24) is 4.90 Å². The van der Waals surface area contributed by atoms with Crippen molar-refractivity contribution >= 4 is 27.9 Å². The molecule has 0 radical (unpaired) electrons. The van der Waals surface area contributed by atoms with Crippen molar-refractivity contribution in [3.05, 3.63) is 40.1 Å². The van der Waals surface area contributed by atoms with Crippen molar-refractivity contribution in [3.8, 4) is 0 Å². The van der Waals surface area contributed by atoms with Crippen LogP contribution in [0.4, 0.5) is 17.6 Å². The Morgan fingerprint density at radius 3 is 2.62 bits per heavy atom. The summed E-state index contributed by atoms with van der Waals surface area (Å²) < 4.78 is 50.9.